The van der Waals surface area contributed by atoms with Gasteiger partial charge in [-0.05, 0) is 49.5 Å². The minimum atomic E-state index is 0.372. The minimum absolute atomic E-state index is 0.372. The molecule has 1 aromatic rings. The van der Waals surface area contributed by atoms with Crippen LogP contribution in [0.15, 0.2) is 18.2 Å². The highest BCUT2D eigenvalue weighted by molar-refractivity contribution is 6.35. The van der Waals surface area contributed by atoms with Gasteiger partial charge in [0.2, 0.25) is 0 Å². The van der Waals surface area contributed by atoms with E-state index in [0.717, 1.165) is 23.4 Å². The maximum atomic E-state index is 6.05. The van der Waals surface area contributed by atoms with Crippen molar-refractivity contribution in [1.29, 1.82) is 0 Å². The Bertz CT molecular complexity index is 311. The second kappa shape index (κ2) is 6.33. The largest absolute Gasteiger partial charge is 0.330 e. The van der Waals surface area contributed by atoms with E-state index in [4.69, 9.17) is 34.7 Å². The van der Waals surface area contributed by atoms with Gasteiger partial charge in [-0.25, -0.2) is 0 Å². The van der Waals surface area contributed by atoms with Crippen molar-refractivity contribution in [2.24, 2.45) is 17.4 Å². The molecule has 0 spiro atoms. The molecule has 2 nitrogen and oxygen atoms in total. The summed E-state index contributed by atoms with van der Waals surface area (Å²) < 4.78 is 0. The molecule has 1 aromatic carbocycles. The standard InChI is InChI=1S/C11H16Cl2N2/c12-10-4-3-9(11(13)5-10)2-1-8(6-14)7-15/h3-5,8H,1-2,6-7,14-15H2. The summed E-state index contributed by atoms with van der Waals surface area (Å²) in [6.45, 7) is 1.25. The van der Waals surface area contributed by atoms with Gasteiger partial charge in [0.1, 0.15) is 0 Å². The predicted molar refractivity (Wildman–Crippen MR) is 66.4 cm³/mol. The zero-order chi connectivity index (χ0) is 11.3. The highest BCUT2D eigenvalue weighted by Crippen LogP contribution is 2.22. The molecule has 4 N–H and O–H groups in total. The lowest BCUT2D eigenvalue weighted by Crippen LogP contribution is -2.23. The monoisotopic (exact) mass is 246 g/mol. The molecular formula is C11H16Cl2N2. The molecule has 0 saturated carbocycles. The first-order valence-corrected chi connectivity index (χ1v) is 5.77. The minimum Gasteiger partial charge on any atom is -0.330 e. The summed E-state index contributed by atoms with van der Waals surface area (Å²) in [6, 6.07) is 5.57. The molecule has 15 heavy (non-hydrogen) atoms. The number of hydrogen-bond donors (Lipinski definition) is 2. The molecule has 0 aliphatic rings. The fourth-order valence-electron chi connectivity index (χ4n) is 1.42. The summed E-state index contributed by atoms with van der Waals surface area (Å²) in [4.78, 5) is 0. The van der Waals surface area contributed by atoms with Crippen molar-refractivity contribution in [2.75, 3.05) is 13.1 Å². The summed E-state index contributed by atoms with van der Waals surface area (Å²) in [5.41, 5.74) is 12.3. The first-order valence-electron chi connectivity index (χ1n) is 5.01. The molecule has 84 valence electrons. The number of aryl methyl sites for hydroxylation is 1. The predicted octanol–water partition coefficient (Wildman–Crippen LogP) is 2.46. The van der Waals surface area contributed by atoms with Gasteiger partial charge in [-0.2, -0.15) is 0 Å². The smallest absolute Gasteiger partial charge is 0.0452 e. The molecule has 0 amide bonds. The fourth-order valence-corrected chi connectivity index (χ4v) is 1.92. The van der Waals surface area contributed by atoms with Gasteiger partial charge < -0.3 is 11.5 Å². The number of halogens is 2. The summed E-state index contributed by atoms with van der Waals surface area (Å²) in [5, 5.41) is 1.38. The SMILES string of the molecule is NCC(CN)CCc1ccc(Cl)cc1Cl. The highest BCUT2D eigenvalue weighted by Gasteiger charge is 2.06. The van der Waals surface area contributed by atoms with Crippen molar-refractivity contribution < 1.29 is 0 Å². The number of hydrogen-bond acceptors (Lipinski definition) is 2. The van der Waals surface area contributed by atoms with Crippen molar-refractivity contribution in [3.63, 3.8) is 0 Å². The Hall–Kier alpha value is -0.280. The van der Waals surface area contributed by atoms with Crippen molar-refractivity contribution in [2.45, 2.75) is 12.8 Å². The van der Waals surface area contributed by atoms with Gasteiger partial charge in [0.05, 0.1) is 0 Å². The van der Waals surface area contributed by atoms with Gasteiger partial charge in [-0.1, -0.05) is 29.3 Å². The van der Waals surface area contributed by atoms with Crippen LogP contribution in [-0.4, -0.2) is 13.1 Å². The van der Waals surface area contributed by atoms with Crippen LogP contribution in [0.3, 0.4) is 0 Å². The van der Waals surface area contributed by atoms with Crippen LogP contribution in [0, 0.1) is 5.92 Å². The van der Waals surface area contributed by atoms with Crippen LogP contribution in [0.5, 0.6) is 0 Å². The average molecular weight is 247 g/mol. The van der Waals surface area contributed by atoms with E-state index in [1.54, 1.807) is 6.07 Å². The molecule has 0 saturated heterocycles. The van der Waals surface area contributed by atoms with Gasteiger partial charge in [0, 0.05) is 10.0 Å². The van der Waals surface area contributed by atoms with E-state index < -0.39 is 0 Å². The molecule has 0 bridgehead atoms. The van der Waals surface area contributed by atoms with E-state index >= 15 is 0 Å². The van der Waals surface area contributed by atoms with E-state index in [-0.39, 0.29) is 0 Å². The third-order valence-electron chi connectivity index (χ3n) is 2.50. The van der Waals surface area contributed by atoms with Gasteiger partial charge in [-0.3, -0.25) is 0 Å². The molecule has 0 unspecified atom stereocenters. The quantitative estimate of drug-likeness (QED) is 0.839. The zero-order valence-electron chi connectivity index (χ0n) is 8.55. The fraction of sp³-hybridized carbons (Fsp3) is 0.455. The van der Waals surface area contributed by atoms with Crippen LogP contribution in [0.1, 0.15) is 12.0 Å². The Morgan fingerprint density at radius 1 is 1.13 bits per heavy atom. The molecule has 4 heteroatoms. The summed E-state index contributed by atoms with van der Waals surface area (Å²) in [6.07, 6.45) is 1.86. The maximum absolute atomic E-state index is 6.05. The Labute approximate surface area is 101 Å². The first-order chi connectivity index (χ1) is 7.17. The molecule has 0 heterocycles. The second-order valence-electron chi connectivity index (χ2n) is 3.61. The van der Waals surface area contributed by atoms with Crippen LogP contribution in [0.25, 0.3) is 0 Å². The number of nitrogens with two attached hydrogens (primary N) is 2. The first kappa shape index (κ1) is 12.8. The third kappa shape index (κ3) is 3.99. The molecule has 1 rings (SSSR count). The summed E-state index contributed by atoms with van der Waals surface area (Å²) in [5.74, 6) is 0.372. The summed E-state index contributed by atoms with van der Waals surface area (Å²) in [7, 11) is 0. The van der Waals surface area contributed by atoms with E-state index in [1.807, 2.05) is 12.1 Å². The van der Waals surface area contributed by atoms with Crippen molar-refractivity contribution in [3.8, 4) is 0 Å². The molecule has 0 fully saturated rings. The Kier molecular flexibility index (Phi) is 5.40. The van der Waals surface area contributed by atoms with Crippen LogP contribution < -0.4 is 11.5 Å². The van der Waals surface area contributed by atoms with Crippen LogP contribution in [0.4, 0.5) is 0 Å². The molecule has 0 atom stereocenters. The van der Waals surface area contributed by atoms with Gasteiger partial charge >= 0.3 is 0 Å². The van der Waals surface area contributed by atoms with Crippen molar-refractivity contribution in [3.05, 3.63) is 33.8 Å². The van der Waals surface area contributed by atoms with Crippen LogP contribution in [-0.2, 0) is 6.42 Å². The lowest BCUT2D eigenvalue weighted by molar-refractivity contribution is 0.508. The van der Waals surface area contributed by atoms with Crippen molar-refractivity contribution in [1.82, 2.24) is 0 Å². The maximum Gasteiger partial charge on any atom is 0.0452 e. The van der Waals surface area contributed by atoms with Crippen LogP contribution in [0.2, 0.25) is 10.0 Å². The second-order valence-corrected chi connectivity index (χ2v) is 4.46. The van der Waals surface area contributed by atoms with E-state index in [9.17, 15) is 0 Å². The van der Waals surface area contributed by atoms with E-state index in [2.05, 4.69) is 0 Å². The molecule has 0 radical (unpaired) electrons. The molecule has 0 aliphatic carbocycles. The topological polar surface area (TPSA) is 52.0 Å². The summed E-state index contributed by atoms with van der Waals surface area (Å²) >= 11 is 11.9. The highest BCUT2D eigenvalue weighted by atomic mass is 35.5. The molecule has 0 aromatic heterocycles. The van der Waals surface area contributed by atoms with Gasteiger partial charge in [-0.15, -0.1) is 0 Å². The Morgan fingerprint density at radius 2 is 1.80 bits per heavy atom. The van der Waals surface area contributed by atoms with Gasteiger partial charge in [0.25, 0.3) is 0 Å². The third-order valence-corrected chi connectivity index (χ3v) is 3.09. The van der Waals surface area contributed by atoms with Crippen molar-refractivity contribution >= 4 is 23.2 Å². The van der Waals surface area contributed by atoms with Gasteiger partial charge in [0.15, 0.2) is 0 Å². The lowest BCUT2D eigenvalue weighted by atomic mass is 10.00. The normalized spacial score (nSPS) is 11.0. The molecule has 0 aliphatic heterocycles. The van der Waals surface area contributed by atoms with E-state index in [0.29, 0.717) is 24.0 Å². The van der Waals surface area contributed by atoms with E-state index in [1.165, 1.54) is 0 Å². The Morgan fingerprint density at radius 3 is 2.33 bits per heavy atom. The zero-order valence-corrected chi connectivity index (χ0v) is 10.1. The molecular weight excluding hydrogens is 231 g/mol. The average Bonchev–Trinajstić information content (AvgIpc) is 2.22. The number of benzene rings is 1. The van der Waals surface area contributed by atoms with Crippen LogP contribution >= 0.6 is 23.2 Å². The lowest BCUT2D eigenvalue weighted by Gasteiger charge is -2.12. The number of rotatable bonds is 5. The Balaban J connectivity index is 2.57.